The van der Waals surface area contributed by atoms with Gasteiger partial charge in [0, 0.05) is 24.3 Å². The molecule has 3 amide bonds. The molecule has 0 aliphatic carbocycles. The molecule has 0 bridgehead atoms. The van der Waals surface area contributed by atoms with E-state index < -0.39 is 11.8 Å². The Morgan fingerprint density at radius 3 is 2.52 bits per heavy atom. The van der Waals surface area contributed by atoms with Gasteiger partial charge in [-0.1, -0.05) is 36.4 Å². The fraction of sp³-hybridized carbons (Fsp3) is 0.273. The summed E-state index contributed by atoms with van der Waals surface area (Å²) in [5.41, 5.74) is 2.04. The van der Waals surface area contributed by atoms with E-state index in [1.165, 1.54) is 0 Å². The van der Waals surface area contributed by atoms with Crippen molar-refractivity contribution in [3.63, 3.8) is 0 Å². The van der Waals surface area contributed by atoms with Crippen molar-refractivity contribution in [2.24, 2.45) is 5.92 Å². The third kappa shape index (κ3) is 4.99. The van der Waals surface area contributed by atoms with Crippen LogP contribution in [0.15, 0.2) is 54.6 Å². The molecule has 2 aromatic rings. The molecular weight excluding hydrogens is 368 g/mol. The van der Waals surface area contributed by atoms with Crippen molar-refractivity contribution < 1.29 is 14.4 Å². The maximum atomic E-state index is 12.7. The number of carbonyl (C=O) groups excluding carboxylic acids is 3. The third-order valence-electron chi connectivity index (χ3n) is 4.93. The molecule has 2 N–H and O–H groups in total. The highest BCUT2D eigenvalue weighted by Gasteiger charge is 2.37. The van der Waals surface area contributed by atoms with Crippen LogP contribution in [0.2, 0.25) is 0 Å². The van der Waals surface area contributed by atoms with Gasteiger partial charge in [-0.05, 0) is 30.7 Å². The normalized spacial score (nSPS) is 16.8. The lowest BCUT2D eigenvalue weighted by atomic mass is 10.1. The van der Waals surface area contributed by atoms with E-state index in [0.29, 0.717) is 17.9 Å². The Hall–Kier alpha value is -3.66. The second kappa shape index (κ2) is 9.02. The van der Waals surface area contributed by atoms with Gasteiger partial charge in [-0.2, -0.15) is 5.26 Å². The van der Waals surface area contributed by atoms with E-state index in [1.807, 2.05) is 37.3 Å². The van der Waals surface area contributed by atoms with Gasteiger partial charge in [-0.3, -0.25) is 14.4 Å². The standard InChI is InChI=1S/C22H22N4O3/c1-15(16-6-3-2-4-7-16)26-14-17(12-21(26)28)22(29)25-19-9-5-8-18(13-19)24-20(27)10-11-23/h2-9,13,15,17H,10,12,14H2,1H3,(H,24,27)(H,25,29). The van der Waals surface area contributed by atoms with Crippen LogP contribution in [0.25, 0.3) is 0 Å². The van der Waals surface area contributed by atoms with Gasteiger partial charge in [0.15, 0.2) is 0 Å². The number of benzene rings is 2. The van der Waals surface area contributed by atoms with Crippen LogP contribution in [-0.2, 0) is 14.4 Å². The van der Waals surface area contributed by atoms with Gasteiger partial charge < -0.3 is 15.5 Å². The molecular formula is C22H22N4O3. The van der Waals surface area contributed by atoms with E-state index in [0.717, 1.165) is 5.56 Å². The van der Waals surface area contributed by atoms with E-state index in [1.54, 1.807) is 35.2 Å². The zero-order valence-electron chi connectivity index (χ0n) is 16.1. The average Bonchev–Trinajstić information content (AvgIpc) is 3.10. The van der Waals surface area contributed by atoms with E-state index in [4.69, 9.17) is 5.26 Å². The van der Waals surface area contributed by atoms with Crippen molar-refractivity contribution in [3.8, 4) is 6.07 Å². The molecule has 0 radical (unpaired) electrons. The summed E-state index contributed by atoms with van der Waals surface area (Å²) in [6, 6.07) is 18.1. The molecule has 2 unspecified atom stereocenters. The lowest BCUT2D eigenvalue weighted by Crippen LogP contribution is -2.30. The van der Waals surface area contributed by atoms with Crippen LogP contribution in [-0.4, -0.2) is 29.2 Å². The number of carbonyl (C=O) groups is 3. The first-order valence-electron chi connectivity index (χ1n) is 9.40. The molecule has 0 aromatic heterocycles. The molecule has 7 heteroatoms. The minimum atomic E-state index is -0.439. The molecule has 1 aliphatic rings. The van der Waals surface area contributed by atoms with Gasteiger partial charge in [-0.15, -0.1) is 0 Å². The van der Waals surface area contributed by atoms with Crippen molar-refractivity contribution in [1.29, 1.82) is 5.26 Å². The van der Waals surface area contributed by atoms with Gasteiger partial charge in [0.05, 0.1) is 18.0 Å². The van der Waals surface area contributed by atoms with Crippen LogP contribution in [0, 0.1) is 17.2 Å². The summed E-state index contributed by atoms with van der Waals surface area (Å²) in [4.78, 5) is 38.4. The van der Waals surface area contributed by atoms with E-state index >= 15 is 0 Å². The SMILES string of the molecule is CC(c1ccccc1)N1CC(C(=O)Nc2cccc(NC(=O)CC#N)c2)CC1=O. The zero-order valence-corrected chi connectivity index (χ0v) is 16.1. The predicted molar refractivity (Wildman–Crippen MR) is 109 cm³/mol. The highest BCUT2D eigenvalue weighted by molar-refractivity contribution is 5.98. The predicted octanol–water partition coefficient (Wildman–Crippen LogP) is 3.09. The Labute approximate surface area is 169 Å². The number of anilines is 2. The quantitative estimate of drug-likeness (QED) is 0.791. The first kappa shape index (κ1) is 20.1. The van der Waals surface area contributed by atoms with Crippen molar-refractivity contribution in [1.82, 2.24) is 4.90 Å². The Bertz CT molecular complexity index is 952. The van der Waals surface area contributed by atoms with Gasteiger partial charge in [0.2, 0.25) is 17.7 Å². The number of amides is 3. The van der Waals surface area contributed by atoms with Crippen molar-refractivity contribution in [2.75, 3.05) is 17.2 Å². The highest BCUT2D eigenvalue weighted by atomic mass is 16.2. The summed E-state index contributed by atoms with van der Waals surface area (Å²) in [7, 11) is 0. The van der Waals surface area contributed by atoms with Crippen LogP contribution in [0.5, 0.6) is 0 Å². The van der Waals surface area contributed by atoms with Crippen molar-refractivity contribution >= 4 is 29.1 Å². The topological polar surface area (TPSA) is 102 Å². The molecule has 0 saturated carbocycles. The number of rotatable bonds is 6. The number of likely N-dealkylation sites (tertiary alicyclic amines) is 1. The Kier molecular flexibility index (Phi) is 6.25. The monoisotopic (exact) mass is 390 g/mol. The van der Waals surface area contributed by atoms with Crippen LogP contribution >= 0.6 is 0 Å². The van der Waals surface area contributed by atoms with Gasteiger partial charge in [0.25, 0.3) is 0 Å². The number of hydrogen-bond donors (Lipinski definition) is 2. The summed E-state index contributed by atoms with van der Waals surface area (Å²) in [6.45, 7) is 2.32. The maximum absolute atomic E-state index is 12.7. The summed E-state index contributed by atoms with van der Waals surface area (Å²) < 4.78 is 0. The number of hydrogen-bond acceptors (Lipinski definition) is 4. The molecule has 1 saturated heterocycles. The summed E-state index contributed by atoms with van der Waals surface area (Å²) in [5, 5.41) is 14.0. The Morgan fingerprint density at radius 2 is 1.83 bits per heavy atom. The molecule has 1 aliphatic heterocycles. The molecule has 2 atom stereocenters. The van der Waals surface area contributed by atoms with E-state index in [-0.39, 0.29) is 30.7 Å². The summed E-state index contributed by atoms with van der Waals surface area (Å²) in [6.07, 6.45) is -0.0716. The average molecular weight is 390 g/mol. The molecule has 2 aromatic carbocycles. The lowest BCUT2D eigenvalue weighted by Gasteiger charge is -2.25. The number of nitrogens with zero attached hydrogens (tertiary/aromatic N) is 2. The van der Waals surface area contributed by atoms with Gasteiger partial charge in [-0.25, -0.2) is 0 Å². The van der Waals surface area contributed by atoms with Crippen LogP contribution in [0.1, 0.15) is 31.4 Å². The highest BCUT2D eigenvalue weighted by Crippen LogP contribution is 2.29. The first-order chi connectivity index (χ1) is 14.0. The lowest BCUT2D eigenvalue weighted by molar-refractivity contribution is -0.129. The number of nitrogens with one attached hydrogen (secondary N) is 2. The molecule has 3 rings (SSSR count). The maximum Gasteiger partial charge on any atom is 0.238 e. The smallest absolute Gasteiger partial charge is 0.238 e. The minimum absolute atomic E-state index is 0.0426. The Balaban J connectivity index is 1.62. The van der Waals surface area contributed by atoms with Crippen molar-refractivity contribution in [2.45, 2.75) is 25.8 Å². The molecule has 148 valence electrons. The minimum Gasteiger partial charge on any atom is -0.335 e. The second-order valence-electron chi connectivity index (χ2n) is 6.99. The van der Waals surface area contributed by atoms with E-state index in [2.05, 4.69) is 10.6 Å². The van der Waals surface area contributed by atoms with Crippen LogP contribution in [0.3, 0.4) is 0 Å². The van der Waals surface area contributed by atoms with Crippen molar-refractivity contribution in [3.05, 3.63) is 60.2 Å². The largest absolute Gasteiger partial charge is 0.335 e. The molecule has 0 spiro atoms. The third-order valence-corrected chi connectivity index (χ3v) is 4.93. The second-order valence-corrected chi connectivity index (χ2v) is 6.99. The van der Waals surface area contributed by atoms with Gasteiger partial charge >= 0.3 is 0 Å². The first-order valence-corrected chi connectivity index (χ1v) is 9.40. The summed E-state index contributed by atoms with van der Waals surface area (Å²) in [5.74, 6) is -1.13. The fourth-order valence-electron chi connectivity index (χ4n) is 3.39. The van der Waals surface area contributed by atoms with Crippen LogP contribution in [0.4, 0.5) is 11.4 Å². The molecule has 7 nitrogen and oxygen atoms in total. The Morgan fingerprint density at radius 1 is 1.14 bits per heavy atom. The number of nitriles is 1. The fourth-order valence-corrected chi connectivity index (χ4v) is 3.39. The zero-order chi connectivity index (χ0) is 20.8. The molecule has 1 fully saturated rings. The van der Waals surface area contributed by atoms with Crippen LogP contribution < -0.4 is 10.6 Å². The van der Waals surface area contributed by atoms with E-state index in [9.17, 15) is 14.4 Å². The molecule has 1 heterocycles. The molecule has 29 heavy (non-hydrogen) atoms. The van der Waals surface area contributed by atoms with Gasteiger partial charge in [0.1, 0.15) is 6.42 Å². The summed E-state index contributed by atoms with van der Waals surface area (Å²) >= 11 is 0.